The minimum absolute atomic E-state index is 0.0505. The van der Waals surface area contributed by atoms with Crippen molar-refractivity contribution in [3.05, 3.63) is 34.9 Å². The lowest BCUT2D eigenvalue weighted by Gasteiger charge is -2.30. The molecule has 0 aromatic heterocycles. The predicted octanol–water partition coefficient (Wildman–Crippen LogP) is 2.27. The highest BCUT2D eigenvalue weighted by Crippen LogP contribution is 2.15. The summed E-state index contributed by atoms with van der Waals surface area (Å²) in [6.07, 6.45) is 4.72. The molecule has 2 rings (SSSR count). The van der Waals surface area contributed by atoms with E-state index in [2.05, 4.69) is 15.4 Å². The highest BCUT2D eigenvalue weighted by molar-refractivity contribution is 6.33. The summed E-state index contributed by atoms with van der Waals surface area (Å²) < 4.78 is 0. The maximum atomic E-state index is 12.0. The summed E-state index contributed by atoms with van der Waals surface area (Å²) in [6, 6.07) is 7.31. The van der Waals surface area contributed by atoms with Crippen LogP contribution in [0.3, 0.4) is 0 Å². The number of likely N-dealkylation sites (tertiary alicyclic amines) is 1. The Labute approximate surface area is 118 Å². The van der Waals surface area contributed by atoms with Gasteiger partial charge in [0.2, 0.25) is 0 Å². The fourth-order valence-electron chi connectivity index (χ4n) is 2.23. The molecule has 1 atom stereocenters. The molecule has 102 valence electrons. The molecule has 1 amide bonds. The van der Waals surface area contributed by atoms with Gasteiger partial charge in [-0.15, -0.1) is 0 Å². The minimum atomic E-state index is -0.0721. The van der Waals surface area contributed by atoms with Crippen molar-refractivity contribution in [3.63, 3.8) is 0 Å². The number of rotatable bonds is 3. The Morgan fingerprint density at radius 3 is 3.00 bits per heavy atom. The largest absolute Gasteiger partial charge is 0.295 e. The first-order valence-corrected chi connectivity index (χ1v) is 6.84. The Balaban J connectivity index is 1.91. The van der Waals surface area contributed by atoms with E-state index in [1.54, 1.807) is 12.3 Å². The molecule has 0 saturated carbocycles. The zero-order valence-corrected chi connectivity index (χ0v) is 11.7. The maximum Gasteiger partial charge on any atom is 0.257 e. The molecule has 0 unspecified atom stereocenters. The average molecular weight is 280 g/mol. The van der Waals surface area contributed by atoms with Gasteiger partial charge in [-0.25, -0.2) is 5.43 Å². The van der Waals surface area contributed by atoms with Gasteiger partial charge in [-0.2, -0.15) is 5.10 Å². The van der Waals surface area contributed by atoms with Crippen molar-refractivity contribution in [2.24, 2.45) is 5.10 Å². The minimum Gasteiger partial charge on any atom is -0.295 e. The average Bonchev–Trinajstić information content (AvgIpc) is 2.41. The number of piperidine rings is 1. The number of benzene rings is 1. The molecule has 1 N–H and O–H groups in total. The first-order chi connectivity index (χ1) is 9.18. The molecule has 1 aromatic carbocycles. The van der Waals surface area contributed by atoms with Gasteiger partial charge in [0.1, 0.15) is 0 Å². The third-order valence-electron chi connectivity index (χ3n) is 3.36. The van der Waals surface area contributed by atoms with Gasteiger partial charge in [-0.1, -0.05) is 36.2 Å². The molecule has 1 heterocycles. The van der Waals surface area contributed by atoms with Gasteiger partial charge in [0.05, 0.1) is 12.3 Å². The second-order valence-corrected chi connectivity index (χ2v) is 5.16. The van der Waals surface area contributed by atoms with E-state index in [9.17, 15) is 4.79 Å². The predicted molar refractivity (Wildman–Crippen MR) is 77.5 cm³/mol. The Morgan fingerprint density at radius 1 is 1.47 bits per heavy atom. The molecule has 1 aliphatic heterocycles. The van der Waals surface area contributed by atoms with E-state index in [0.29, 0.717) is 5.02 Å². The van der Waals surface area contributed by atoms with Crippen LogP contribution in [-0.2, 0) is 4.79 Å². The molecule has 1 fully saturated rings. The molecule has 19 heavy (non-hydrogen) atoms. The molecule has 0 spiro atoms. The number of hydrogen-bond acceptors (Lipinski definition) is 3. The maximum absolute atomic E-state index is 12.0. The Hall–Kier alpha value is -1.39. The van der Waals surface area contributed by atoms with Gasteiger partial charge in [-0.3, -0.25) is 9.69 Å². The molecule has 0 aliphatic carbocycles. The second-order valence-electron chi connectivity index (χ2n) is 4.75. The van der Waals surface area contributed by atoms with Crippen LogP contribution in [-0.4, -0.2) is 36.7 Å². The summed E-state index contributed by atoms with van der Waals surface area (Å²) in [5.74, 6) is -0.0505. The van der Waals surface area contributed by atoms with Gasteiger partial charge in [0, 0.05) is 10.6 Å². The standard InChI is InChI=1S/C14H18ClN3O/c1-18-9-5-4-8-13(18)14(19)17-16-10-11-6-2-3-7-12(11)15/h2-3,6-7,10,13H,4-5,8-9H2,1H3,(H,17,19)/b16-10-/t13-/m0/s1. The summed E-state index contributed by atoms with van der Waals surface area (Å²) in [6.45, 7) is 0.965. The molecule has 1 saturated heterocycles. The van der Waals surface area contributed by atoms with Crippen LogP contribution in [0, 0.1) is 0 Å². The Morgan fingerprint density at radius 2 is 2.26 bits per heavy atom. The quantitative estimate of drug-likeness (QED) is 0.681. The molecular weight excluding hydrogens is 262 g/mol. The highest BCUT2D eigenvalue weighted by Gasteiger charge is 2.25. The van der Waals surface area contributed by atoms with E-state index in [1.165, 1.54) is 0 Å². The molecule has 5 heteroatoms. The number of likely N-dealkylation sites (N-methyl/N-ethyl adjacent to an activating group) is 1. The van der Waals surface area contributed by atoms with Crippen LogP contribution in [0.4, 0.5) is 0 Å². The van der Waals surface area contributed by atoms with Gasteiger partial charge in [0.15, 0.2) is 0 Å². The summed E-state index contributed by atoms with van der Waals surface area (Å²) >= 11 is 6.00. The zero-order chi connectivity index (χ0) is 13.7. The normalized spacial score (nSPS) is 20.6. The van der Waals surface area contributed by atoms with Crippen molar-refractivity contribution in [2.75, 3.05) is 13.6 Å². The van der Waals surface area contributed by atoms with E-state index in [1.807, 2.05) is 25.2 Å². The number of halogens is 1. The lowest BCUT2D eigenvalue weighted by molar-refractivity contribution is -0.126. The SMILES string of the molecule is CN1CCCC[C@H]1C(=O)N/N=C\c1ccccc1Cl. The van der Waals surface area contributed by atoms with Crippen molar-refractivity contribution in [2.45, 2.75) is 25.3 Å². The topological polar surface area (TPSA) is 44.7 Å². The van der Waals surface area contributed by atoms with Gasteiger partial charge < -0.3 is 0 Å². The number of hydrazone groups is 1. The van der Waals surface area contributed by atoms with E-state index >= 15 is 0 Å². The summed E-state index contributed by atoms with van der Waals surface area (Å²) in [5, 5.41) is 4.60. The van der Waals surface area contributed by atoms with E-state index in [-0.39, 0.29) is 11.9 Å². The third kappa shape index (κ3) is 3.78. The number of amides is 1. The first kappa shape index (κ1) is 14.0. The van der Waals surface area contributed by atoms with Crippen molar-refractivity contribution in [1.82, 2.24) is 10.3 Å². The van der Waals surface area contributed by atoms with Crippen molar-refractivity contribution in [1.29, 1.82) is 0 Å². The van der Waals surface area contributed by atoms with Crippen molar-refractivity contribution >= 4 is 23.7 Å². The van der Waals surface area contributed by atoms with E-state index in [0.717, 1.165) is 31.4 Å². The van der Waals surface area contributed by atoms with Crippen LogP contribution >= 0.6 is 11.6 Å². The lowest BCUT2D eigenvalue weighted by atomic mass is 10.0. The van der Waals surface area contributed by atoms with Crippen LogP contribution < -0.4 is 5.43 Å². The van der Waals surface area contributed by atoms with Gasteiger partial charge in [0.25, 0.3) is 5.91 Å². The van der Waals surface area contributed by atoms with E-state index < -0.39 is 0 Å². The van der Waals surface area contributed by atoms with Gasteiger partial charge >= 0.3 is 0 Å². The molecule has 4 nitrogen and oxygen atoms in total. The third-order valence-corrected chi connectivity index (χ3v) is 3.70. The van der Waals surface area contributed by atoms with Crippen LogP contribution in [0.25, 0.3) is 0 Å². The van der Waals surface area contributed by atoms with Crippen LogP contribution in [0.2, 0.25) is 5.02 Å². The van der Waals surface area contributed by atoms with Gasteiger partial charge in [-0.05, 0) is 32.5 Å². The second kappa shape index (κ2) is 6.68. The van der Waals surface area contributed by atoms with Crippen molar-refractivity contribution in [3.8, 4) is 0 Å². The molecule has 1 aliphatic rings. The highest BCUT2D eigenvalue weighted by atomic mass is 35.5. The van der Waals surface area contributed by atoms with Crippen LogP contribution in [0.1, 0.15) is 24.8 Å². The molecular formula is C14H18ClN3O. The summed E-state index contributed by atoms with van der Waals surface area (Å²) in [5.41, 5.74) is 3.38. The molecule has 0 bridgehead atoms. The van der Waals surface area contributed by atoms with E-state index in [4.69, 9.17) is 11.6 Å². The summed E-state index contributed by atoms with van der Waals surface area (Å²) in [4.78, 5) is 14.1. The van der Waals surface area contributed by atoms with Crippen LogP contribution in [0.5, 0.6) is 0 Å². The summed E-state index contributed by atoms with van der Waals surface area (Å²) in [7, 11) is 1.97. The van der Waals surface area contributed by atoms with Crippen molar-refractivity contribution < 1.29 is 4.79 Å². The smallest absolute Gasteiger partial charge is 0.257 e. The number of nitrogens with zero attached hydrogens (tertiary/aromatic N) is 2. The number of nitrogens with one attached hydrogen (secondary N) is 1. The number of hydrogen-bond donors (Lipinski definition) is 1. The number of carbonyl (C=O) groups is 1. The Kier molecular flexibility index (Phi) is 4.93. The number of carbonyl (C=O) groups excluding carboxylic acids is 1. The Bertz CT molecular complexity index is 476. The van der Waals surface area contributed by atoms with Crippen LogP contribution in [0.15, 0.2) is 29.4 Å². The fourth-order valence-corrected chi connectivity index (χ4v) is 2.41. The molecule has 1 aromatic rings. The monoisotopic (exact) mass is 279 g/mol. The fraction of sp³-hybridized carbons (Fsp3) is 0.429. The first-order valence-electron chi connectivity index (χ1n) is 6.46. The molecule has 0 radical (unpaired) electrons. The zero-order valence-electron chi connectivity index (χ0n) is 11.0. The lowest BCUT2D eigenvalue weighted by Crippen LogP contribution is -2.46.